The van der Waals surface area contributed by atoms with Crippen molar-refractivity contribution in [3.05, 3.63) is 17.8 Å². The minimum atomic E-state index is 0.305. The highest BCUT2D eigenvalue weighted by atomic mass is 79.9. The van der Waals surface area contributed by atoms with Gasteiger partial charge in [-0.05, 0) is 12.8 Å². The lowest BCUT2D eigenvalue weighted by molar-refractivity contribution is 0.460. The van der Waals surface area contributed by atoms with E-state index in [1.54, 1.807) is 0 Å². The summed E-state index contributed by atoms with van der Waals surface area (Å²) >= 11 is 3.39. The van der Waals surface area contributed by atoms with E-state index in [0.717, 1.165) is 16.8 Å². The monoisotopic (exact) mass is 215 g/mol. The van der Waals surface area contributed by atoms with Crippen LogP contribution in [-0.2, 0) is 10.7 Å². The fourth-order valence-electron chi connectivity index (χ4n) is 1.27. The van der Waals surface area contributed by atoms with Crippen LogP contribution in [0.5, 0.6) is 0 Å². The molecule has 0 unspecified atom stereocenters. The number of alkyl halides is 1. The highest BCUT2D eigenvalue weighted by Crippen LogP contribution is 2.48. The smallest absolute Gasteiger partial charge is 0.181 e. The molecule has 1 aromatic heterocycles. The summed E-state index contributed by atoms with van der Waals surface area (Å²) < 4.78 is 5.34. The summed E-state index contributed by atoms with van der Waals surface area (Å²) in [7, 11) is 0. The molecule has 0 atom stereocenters. The Hall–Kier alpha value is -0.310. The zero-order chi connectivity index (χ0) is 7.90. The molecule has 0 spiro atoms. The number of halogens is 1. The molecule has 1 aliphatic rings. The van der Waals surface area contributed by atoms with Crippen LogP contribution in [0.1, 0.15) is 31.2 Å². The lowest BCUT2D eigenvalue weighted by Gasteiger charge is -2.03. The fraction of sp³-hybridized carbons (Fsp3) is 0.625. The summed E-state index contributed by atoms with van der Waals surface area (Å²) in [6, 6.07) is 0. The second-order valence-electron chi connectivity index (χ2n) is 3.32. The van der Waals surface area contributed by atoms with E-state index in [9.17, 15) is 0 Å². The average Bonchev–Trinajstić information content (AvgIpc) is 2.61. The number of aromatic nitrogens is 1. The van der Waals surface area contributed by atoms with E-state index in [0.29, 0.717) is 5.41 Å². The molecule has 1 heterocycles. The van der Waals surface area contributed by atoms with E-state index in [4.69, 9.17) is 4.42 Å². The largest absolute Gasteiger partial charge is 0.448 e. The third-order valence-corrected chi connectivity index (χ3v) is 2.85. The standard InChI is InChI=1S/C8H10BrNO/c1-8(2-3-8)7-6(4-9)10-5-11-7/h5H,2-4H2,1H3. The van der Waals surface area contributed by atoms with E-state index < -0.39 is 0 Å². The van der Waals surface area contributed by atoms with Crippen LogP contribution < -0.4 is 0 Å². The topological polar surface area (TPSA) is 26.0 Å². The lowest BCUT2D eigenvalue weighted by atomic mass is 10.1. The fourth-order valence-corrected chi connectivity index (χ4v) is 1.67. The second-order valence-corrected chi connectivity index (χ2v) is 3.88. The van der Waals surface area contributed by atoms with Gasteiger partial charge in [0.2, 0.25) is 0 Å². The van der Waals surface area contributed by atoms with Gasteiger partial charge in [-0.1, -0.05) is 22.9 Å². The first-order valence-electron chi connectivity index (χ1n) is 3.75. The SMILES string of the molecule is CC1(c2ocnc2CBr)CC1. The highest BCUT2D eigenvalue weighted by Gasteiger charge is 2.43. The molecule has 0 aliphatic heterocycles. The first kappa shape index (κ1) is 7.35. The van der Waals surface area contributed by atoms with E-state index in [1.165, 1.54) is 19.2 Å². The van der Waals surface area contributed by atoms with Gasteiger partial charge in [-0.2, -0.15) is 0 Å². The molecule has 0 radical (unpaired) electrons. The predicted molar refractivity (Wildman–Crippen MR) is 45.7 cm³/mol. The van der Waals surface area contributed by atoms with Gasteiger partial charge in [0, 0.05) is 10.7 Å². The molecule has 0 bridgehead atoms. The third kappa shape index (κ3) is 1.11. The van der Waals surface area contributed by atoms with Crippen molar-refractivity contribution in [3.8, 4) is 0 Å². The summed E-state index contributed by atoms with van der Waals surface area (Å²) in [5.41, 5.74) is 1.37. The van der Waals surface area contributed by atoms with Crippen molar-refractivity contribution >= 4 is 15.9 Å². The molecule has 0 saturated heterocycles. The summed E-state index contributed by atoms with van der Waals surface area (Å²) in [6.07, 6.45) is 4.01. The van der Waals surface area contributed by atoms with Crippen LogP contribution >= 0.6 is 15.9 Å². The quantitative estimate of drug-likeness (QED) is 0.710. The Morgan fingerprint density at radius 2 is 2.45 bits per heavy atom. The number of hydrogen-bond acceptors (Lipinski definition) is 2. The molecular formula is C8H10BrNO. The maximum atomic E-state index is 5.34. The minimum Gasteiger partial charge on any atom is -0.448 e. The van der Waals surface area contributed by atoms with Crippen LogP contribution in [0.4, 0.5) is 0 Å². The summed E-state index contributed by atoms with van der Waals surface area (Å²) in [4.78, 5) is 4.13. The Morgan fingerprint density at radius 1 is 1.73 bits per heavy atom. The van der Waals surface area contributed by atoms with Gasteiger partial charge in [-0.25, -0.2) is 4.98 Å². The van der Waals surface area contributed by atoms with Crippen LogP contribution in [0.15, 0.2) is 10.8 Å². The van der Waals surface area contributed by atoms with Gasteiger partial charge in [-0.15, -0.1) is 0 Å². The molecule has 11 heavy (non-hydrogen) atoms. The third-order valence-electron chi connectivity index (χ3n) is 2.32. The molecule has 2 rings (SSSR count). The number of hydrogen-bond donors (Lipinski definition) is 0. The van der Waals surface area contributed by atoms with Gasteiger partial charge in [0.15, 0.2) is 6.39 Å². The van der Waals surface area contributed by atoms with Crippen LogP contribution in [0, 0.1) is 0 Å². The van der Waals surface area contributed by atoms with Crippen molar-refractivity contribution in [2.24, 2.45) is 0 Å². The molecule has 0 N–H and O–H groups in total. The molecule has 0 amide bonds. The zero-order valence-corrected chi connectivity index (χ0v) is 8.02. The molecule has 1 aromatic rings. The van der Waals surface area contributed by atoms with Crippen LogP contribution in [-0.4, -0.2) is 4.98 Å². The first-order valence-corrected chi connectivity index (χ1v) is 4.87. The van der Waals surface area contributed by atoms with Gasteiger partial charge < -0.3 is 4.42 Å². The number of nitrogens with zero attached hydrogens (tertiary/aromatic N) is 1. The van der Waals surface area contributed by atoms with E-state index in [-0.39, 0.29) is 0 Å². The Bertz CT molecular complexity index is 265. The van der Waals surface area contributed by atoms with E-state index in [1.807, 2.05) is 0 Å². The Morgan fingerprint density at radius 3 is 3.00 bits per heavy atom. The van der Waals surface area contributed by atoms with Crippen molar-refractivity contribution in [2.75, 3.05) is 0 Å². The van der Waals surface area contributed by atoms with Gasteiger partial charge in [0.05, 0.1) is 5.69 Å². The molecular weight excluding hydrogens is 206 g/mol. The van der Waals surface area contributed by atoms with Crippen molar-refractivity contribution in [1.82, 2.24) is 4.98 Å². The van der Waals surface area contributed by atoms with Crippen LogP contribution in [0.25, 0.3) is 0 Å². The van der Waals surface area contributed by atoms with Gasteiger partial charge >= 0.3 is 0 Å². The van der Waals surface area contributed by atoms with E-state index in [2.05, 4.69) is 27.8 Å². The maximum Gasteiger partial charge on any atom is 0.181 e. The molecule has 1 fully saturated rings. The minimum absolute atomic E-state index is 0.305. The molecule has 1 aliphatic carbocycles. The number of rotatable bonds is 2. The first-order chi connectivity index (χ1) is 5.26. The van der Waals surface area contributed by atoms with Gasteiger partial charge in [0.1, 0.15) is 5.76 Å². The Kier molecular flexibility index (Phi) is 1.56. The maximum absolute atomic E-state index is 5.34. The van der Waals surface area contributed by atoms with Crippen molar-refractivity contribution in [1.29, 1.82) is 0 Å². The Balaban J connectivity index is 2.36. The summed E-state index contributed by atoms with van der Waals surface area (Å²) in [5.74, 6) is 1.08. The summed E-state index contributed by atoms with van der Waals surface area (Å²) in [6.45, 7) is 2.22. The lowest BCUT2D eigenvalue weighted by Crippen LogP contribution is -2.00. The van der Waals surface area contributed by atoms with Crippen LogP contribution in [0.2, 0.25) is 0 Å². The molecule has 3 heteroatoms. The molecule has 1 saturated carbocycles. The van der Waals surface area contributed by atoms with Gasteiger partial charge in [-0.3, -0.25) is 0 Å². The molecule has 0 aromatic carbocycles. The average molecular weight is 216 g/mol. The van der Waals surface area contributed by atoms with E-state index >= 15 is 0 Å². The van der Waals surface area contributed by atoms with Crippen LogP contribution in [0.3, 0.4) is 0 Å². The summed E-state index contributed by atoms with van der Waals surface area (Å²) in [5, 5.41) is 0.800. The van der Waals surface area contributed by atoms with Crippen molar-refractivity contribution in [2.45, 2.75) is 30.5 Å². The Labute approximate surface area is 74.1 Å². The van der Waals surface area contributed by atoms with Crippen molar-refractivity contribution in [3.63, 3.8) is 0 Å². The van der Waals surface area contributed by atoms with Crippen molar-refractivity contribution < 1.29 is 4.42 Å². The predicted octanol–water partition coefficient (Wildman–Crippen LogP) is 2.62. The number of oxazole rings is 1. The second kappa shape index (κ2) is 2.34. The molecule has 2 nitrogen and oxygen atoms in total. The normalized spacial score (nSPS) is 20.2. The van der Waals surface area contributed by atoms with Gasteiger partial charge in [0.25, 0.3) is 0 Å². The zero-order valence-electron chi connectivity index (χ0n) is 6.43. The molecule has 60 valence electrons. The highest BCUT2D eigenvalue weighted by molar-refractivity contribution is 9.08.